The smallest absolute Gasteiger partial charge is 0.315 e. The molecule has 0 aromatic carbocycles. The third-order valence-electron chi connectivity index (χ3n) is 7.30. The minimum Gasteiger partial charge on any atom is -0.469 e. The van der Waals surface area contributed by atoms with Crippen LogP contribution in [0.25, 0.3) is 0 Å². The molecular weight excluding hydrogens is 338 g/mol. The zero-order chi connectivity index (χ0) is 19.0. The Kier molecular flexibility index (Phi) is 5.19. The van der Waals surface area contributed by atoms with Gasteiger partial charge in [-0.3, -0.25) is 4.79 Å². The second-order valence-electron chi connectivity index (χ2n) is 9.41. The molecule has 2 aliphatic carbocycles. The predicted octanol–water partition coefficient (Wildman–Crippen LogP) is 3.48. The Hall–Kier alpha value is -1.55. The van der Waals surface area contributed by atoms with Gasteiger partial charge in [-0.2, -0.15) is 0 Å². The standard InChI is InChI=1S/C23H33NO3/c1-15-6-4-10-23(3)13-21-18(12-20(15)23)19(22(25)27-21)14-24-16(2)8-9-17-7-5-11-26-17/h5,7,11-12,15-16,18-19,21,24H,4,6,8-10,13-14H2,1-3H3/p+1/t15-,16+,18+,19-,21+,23+/m0/s1. The molecular formula is C23H34NO3+. The van der Waals surface area contributed by atoms with Crippen molar-refractivity contribution in [3.8, 4) is 0 Å². The molecule has 0 unspecified atom stereocenters. The topological polar surface area (TPSA) is 56.0 Å². The minimum absolute atomic E-state index is 0.00670. The summed E-state index contributed by atoms with van der Waals surface area (Å²) in [5, 5.41) is 2.33. The Morgan fingerprint density at radius 3 is 3.04 bits per heavy atom. The SMILES string of the molecule is C[C@H](CCc1ccco1)[NH2+]C[C@@H]1C(=O)O[C@@H]2C[C@@]3(C)CCC[C@H](C)C3=C[C@H]12. The van der Waals surface area contributed by atoms with Crippen LogP contribution in [0, 0.1) is 23.2 Å². The third-order valence-corrected chi connectivity index (χ3v) is 7.30. The second kappa shape index (κ2) is 7.46. The molecule has 1 aliphatic heterocycles. The molecule has 2 fully saturated rings. The first-order valence-electron chi connectivity index (χ1n) is 10.7. The first-order chi connectivity index (χ1) is 13.0. The summed E-state index contributed by atoms with van der Waals surface area (Å²) in [6.45, 7) is 7.81. The van der Waals surface area contributed by atoms with Gasteiger partial charge in [0, 0.05) is 18.8 Å². The normalized spacial score (nSPS) is 36.6. The highest BCUT2D eigenvalue weighted by Gasteiger charge is 2.52. The number of hydrogen-bond acceptors (Lipinski definition) is 3. The van der Waals surface area contributed by atoms with Crippen molar-refractivity contribution >= 4 is 5.97 Å². The highest BCUT2D eigenvalue weighted by Crippen LogP contribution is 2.53. The molecule has 6 atom stereocenters. The Balaban J connectivity index is 1.39. The van der Waals surface area contributed by atoms with E-state index < -0.39 is 0 Å². The van der Waals surface area contributed by atoms with Gasteiger partial charge in [-0.05, 0) is 49.7 Å². The molecule has 0 bridgehead atoms. The van der Waals surface area contributed by atoms with Gasteiger partial charge in [0.05, 0.1) is 18.8 Å². The molecule has 148 valence electrons. The van der Waals surface area contributed by atoms with Gasteiger partial charge in [0.2, 0.25) is 0 Å². The number of quaternary nitrogens is 1. The summed E-state index contributed by atoms with van der Waals surface area (Å²) in [4.78, 5) is 12.6. The zero-order valence-corrected chi connectivity index (χ0v) is 16.9. The number of nitrogens with two attached hydrogens (primary N) is 1. The van der Waals surface area contributed by atoms with Crippen LogP contribution in [0.2, 0.25) is 0 Å². The molecule has 4 rings (SSSR count). The predicted molar refractivity (Wildman–Crippen MR) is 104 cm³/mol. The number of aryl methyl sites for hydroxylation is 1. The number of esters is 1. The number of ether oxygens (including phenoxy) is 1. The molecule has 27 heavy (non-hydrogen) atoms. The van der Waals surface area contributed by atoms with Crippen LogP contribution in [0.4, 0.5) is 0 Å². The van der Waals surface area contributed by atoms with Gasteiger partial charge in [-0.25, -0.2) is 0 Å². The van der Waals surface area contributed by atoms with Gasteiger partial charge >= 0.3 is 5.97 Å². The largest absolute Gasteiger partial charge is 0.469 e. The summed E-state index contributed by atoms with van der Waals surface area (Å²) >= 11 is 0. The van der Waals surface area contributed by atoms with E-state index in [0.717, 1.165) is 31.6 Å². The number of fused-ring (bicyclic) bond motifs is 2. The molecule has 0 spiro atoms. The summed E-state index contributed by atoms with van der Waals surface area (Å²) in [7, 11) is 0. The molecule has 3 aliphatic rings. The van der Waals surface area contributed by atoms with Crippen molar-refractivity contribution in [1.82, 2.24) is 0 Å². The van der Waals surface area contributed by atoms with Crippen LogP contribution < -0.4 is 5.32 Å². The minimum atomic E-state index is 0.00670. The number of furan rings is 1. The van der Waals surface area contributed by atoms with E-state index in [9.17, 15) is 4.79 Å². The third kappa shape index (κ3) is 3.73. The summed E-state index contributed by atoms with van der Waals surface area (Å²) in [5.74, 6) is 1.99. The van der Waals surface area contributed by atoms with Gasteiger partial charge < -0.3 is 14.5 Å². The molecule has 4 heteroatoms. The van der Waals surface area contributed by atoms with E-state index in [0.29, 0.717) is 12.0 Å². The van der Waals surface area contributed by atoms with Crippen molar-refractivity contribution in [3.63, 3.8) is 0 Å². The maximum Gasteiger partial charge on any atom is 0.315 e. The quantitative estimate of drug-likeness (QED) is 0.614. The van der Waals surface area contributed by atoms with Gasteiger partial charge in [0.25, 0.3) is 0 Å². The number of allylic oxidation sites excluding steroid dienone is 1. The molecule has 2 heterocycles. The maximum absolute atomic E-state index is 12.6. The molecule has 0 radical (unpaired) electrons. The molecule has 1 aromatic heterocycles. The lowest BCUT2D eigenvalue weighted by Gasteiger charge is -2.45. The van der Waals surface area contributed by atoms with Crippen LogP contribution in [-0.2, 0) is 16.0 Å². The van der Waals surface area contributed by atoms with E-state index >= 15 is 0 Å². The van der Waals surface area contributed by atoms with Crippen LogP contribution in [0.15, 0.2) is 34.5 Å². The molecule has 0 amide bonds. The zero-order valence-electron chi connectivity index (χ0n) is 16.9. The monoisotopic (exact) mass is 372 g/mol. The highest BCUT2D eigenvalue weighted by molar-refractivity contribution is 5.76. The fraction of sp³-hybridized carbons (Fsp3) is 0.696. The van der Waals surface area contributed by atoms with E-state index in [1.807, 2.05) is 12.1 Å². The molecule has 4 nitrogen and oxygen atoms in total. The Labute approximate surface area is 162 Å². The lowest BCUT2D eigenvalue weighted by atomic mass is 9.59. The van der Waals surface area contributed by atoms with E-state index in [-0.39, 0.29) is 29.3 Å². The molecule has 1 aromatic rings. The van der Waals surface area contributed by atoms with Crippen LogP contribution in [0.1, 0.15) is 58.6 Å². The van der Waals surface area contributed by atoms with Gasteiger partial charge in [0.1, 0.15) is 17.8 Å². The average Bonchev–Trinajstić information content (AvgIpc) is 3.23. The number of carbonyl (C=O) groups is 1. The van der Waals surface area contributed by atoms with E-state index in [1.165, 1.54) is 19.3 Å². The lowest BCUT2D eigenvalue weighted by molar-refractivity contribution is -0.690. The summed E-state index contributed by atoms with van der Waals surface area (Å²) in [5.41, 5.74) is 1.85. The van der Waals surface area contributed by atoms with Crippen LogP contribution in [0.5, 0.6) is 0 Å². The number of rotatable bonds is 6. The van der Waals surface area contributed by atoms with Crippen LogP contribution in [0.3, 0.4) is 0 Å². The second-order valence-corrected chi connectivity index (χ2v) is 9.41. The van der Waals surface area contributed by atoms with Crippen LogP contribution >= 0.6 is 0 Å². The maximum atomic E-state index is 12.6. The molecule has 2 N–H and O–H groups in total. The molecule has 1 saturated carbocycles. The Morgan fingerprint density at radius 1 is 1.41 bits per heavy atom. The van der Waals surface area contributed by atoms with Gasteiger partial charge in [0.15, 0.2) is 0 Å². The van der Waals surface area contributed by atoms with Crippen molar-refractivity contribution in [2.24, 2.45) is 23.2 Å². The first-order valence-corrected chi connectivity index (χ1v) is 10.7. The van der Waals surface area contributed by atoms with E-state index in [1.54, 1.807) is 11.8 Å². The fourth-order valence-electron chi connectivity index (χ4n) is 5.64. The molecule has 1 saturated heterocycles. The van der Waals surface area contributed by atoms with Crippen molar-refractivity contribution in [1.29, 1.82) is 0 Å². The lowest BCUT2D eigenvalue weighted by Crippen LogP contribution is -2.90. The van der Waals surface area contributed by atoms with Crippen molar-refractivity contribution in [2.45, 2.75) is 71.4 Å². The Morgan fingerprint density at radius 2 is 2.26 bits per heavy atom. The highest BCUT2D eigenvalue weighted by atomic mass is 16.6. The van der Waals surface area contributed by atoms with Gasteiger partial charge in [-0.15, -0.1) is 0 Å². The fourth-order valence-corrected chi connectivity index (χ4v) is 5.64. The Bertz CT molecular complexity index is 694. The van der Waals surface area contributed by atoms with Crippen molar-refractivity contribution in [2.75, 3.05) is 6.54 Å². The number of hydrogen-bond donors (Lipinski definition) is 1. The van der Waals surface area contributed by atoms with Crippen molar-refractivity contribution < 1.29 is 19.3 Å². The van der Waals surface area contributed by atoms with E-state index in [2.05, 4.69) is 32.2 Å². The summed E-state index contributed by atoms with van der Waals surface area (Å²) in [6, 6.07) is 4.44. The summed E-state index contributed by atoms with van der Waals surface area (Å²) < 4.78 is 11.3. The number of carbonyl (C=O) groups excluding carboxylic acids is 1. The van der Waals surface area contributed by atoms with Crippen LogP contribution in [-0.4, -0.2) is 24.7 Å². The average molecular weight is 373 g/mol. The van der Waals surface area contributed by atoms with Crippen molar-refractivity contribution in [3.05, 3.63) is 35.8 Å². The van der Waals surface area contributed by atoms with E-state index in [4.69, 9.17) is 9.15 Å². The first kappa shape index (κ1) is 18.8. The summed E-state index contributed by atoms with van der Waals surface area (Å²) in [6.07, 6.45) is 11.1. The van der Waals surface area contributed by atoms with Gasteiger partial charge in [-0.1, -0.05) is 31.9 Å².